The molecule has 1 heterocycles. The van der Waals surface area contributed by atoms with Gasteiger partial charge in [0.05, 0.1) is 0 Å². The summed E-state index contributed by atoms with van der Waals surface area (Å²) in [5.74, 6) is 1.42. The van der Waals surface area contributed by atoms with Gasteiger partial charge < -0.3 is 9.84 Å². The van der Waals surface area contributed by atoms with Crippen LogP contribution in [0.2, 0.25) is 0 Å². The van der Waals surface area contributed by atoms with Gasteiger partial charge in [-0.05, 0) is 63.6 Å². The minimum atomic E-state index is -0.762. The molecule has 23 heavy (non-hydrogen) atoms. The minimum Gasteiger partial charge on any atom is -0.508 e. The predicted octanol–water partition coefficient (Wildman–Crippen LogP) is 5.52. The Morgan fingerprint density at radius 2 is 2.04 bits per heavy atom. The van der Waals surface area contributed by atoms with Crippen molar-refractivity contribution < 1.29 is 14.2 Å². The standard InChI is InChI=1S/C20H29FO2/c1-4-5-6-7-13-10-17(22)19-15-12-14(21)8-9-16(15)20(2,3)23-18(19)11-13/h10-11,14-16,22H,4-9,12H2,1-3H3/t14-,15+,16+/m0/s1. The molecule has 3 heteroatoms. The summed E-state index contributed by atoms with van der Waals surface area (Å²) in [5, 5.41) is 10.6. The third kappa shape index (κ3) is 3.20. The van der Waals surface area contributed by atoms with E-state index in [-0.39, 0.29) is 17.4 Å². The van der Waals surface area contributed by atoms with Crippen molar-refractivity contribution in [3.63, 3.8) is 0 Å². The summed E-state index contributed by atoms with van der Waals surface area (Å²) in [7, 11) is 0. The number of unbranched alkanes of at least 4 members (excludes halogenated alkanes) is 2. The van der Waals surface area contributed by atoms with Crippen LogP contribution in [0.15, 0.2) is 12.1 Å². The van der Waals surface area contributed by atoms with Gasteiger partial charge in [-0.2, -0.15) is 0 Å². The molecule has 128 valence electrons. The first-order valence-electron chi connectivity index (χ1n) is 9.11. The molecule has 2 nitrogen and oxygen atoms in total. The average molecular weight is 320 g/mol. The van der Waals surface area contributed by atoms with Gasteiger partial charge in [-0.25, -0.2) is 4.39 Å². The lowest BCUT2D eigenvalue weighted by molar-refractivity contribution is -0.0195. The van der Waals surface area contributed by atoms with Crippen LogP contribution in [0, 0.1) is 5.92 Å². The number of phenols is 1. The van der Waals surface area contributed by atoms with Crippen LogP contribution in [0.3, 0.4) is 0 Å². The first-order chi connectivity index (χ1) is 10.9. The average Bonchev–Trinajstić information content (AvgIpc) is 2.46. The number of aromatic hydroxyl groups is 1. The summed E-state index contributed by atoms with van der Waals surface area (Å²) in [6, 6.07) is 3.94. The van der Waals surface area contributed by atoms with E-state index in [1.165, 1.54) is 12.8 Å². The highest BCUT2D eigenvalue weighted by atomic mass is 19.1. The Balaban J connectivity index is 1.94. The topological polar surface area (TPSA) is 29.5 Å². The van der Waals surface area contributed by atoms with Crippen LogP contribution in [-0.2, 0) is 6.42 Å². The largest absolute Gasteiger partial charge is 0.508 e. The molecule has 0 unspecified atom stereocenters. The maximum atomic E-state index is 14.0. The van der Waals surface area contributed by atoms with Gasteiger partial charge in [-0.3, -0.25) is 0 Å². The predicted molar refractivity (Wildman–Crippen MR) is 91.0 cm³/mol. The van der Waals surface area contributed by atoms with Crippen molar-refractivity contribution in [2.24, 2.45) is 5.92 Å². The van der Waals surface area contributed by atoms with Crippen molar-refractivity contribution in [2.75, 3.05) is 0 Å². The number of benzene rings is 1. The molecule has 3 rings (SSSR count). The van der Waals surface area contributed by atoms with E-state index in [2.05, 4.69) is 26.8 Å². The second-order valence-corrected chi connectivity index (χ2v) is 7.81. The quantitative estimate of drug-likeness (QED) is 0.740. The second-order valence-electron chi connectivity index (χ2n) is 7.81. The highest BCUT2D eigenvalue weighted by Gasteiger charge is 2.47. The Bertz CT molecular complexity index is 567. The molecule has 0 amide bonds. The lowest BCUT2D eigenvalue weighted by Crippen LogP contribution is -2.47. The lowest BCUT2D eigenvalue weighted by atomic mass is 9.66. The number of aryl methyl sites for hydroxylation is 1. The van der Waals surface area contributed by atoms with Gasteiger partial charge in [-0.15, -0.1) is 0 Å². The van der Waals surface area contributed by atoms with Crippen LogP contribution < -0.4 is 4.74 Å². The summed E-state index contributed by atoms with van der Waals surface area (Å²) in [6.45, 7) is 6.40. The fraction of sp³-hybridized carbons (Fsp3) is 0.700. The molecule has 0 aromatic heterocycles. The lowest BCUT2D eigenvalue weighted by Gasteiger charge is -2.48. The Morgan fingerprint density at radius 1 is 1.26 bits per heavy atom. The van der Waals surface area contributed by atoms with E-state index in [0.29, 0.717) is 18.6 Å². The van der Waals surface area contributed by atoms with Crippen molar-refractivity contribution in [2.45, 2.75) is 83.4 Å². The SMILES string of the molecule is CCCCCc1cc(O)c2c(c1)OC(C)(C)[C@@H]1CC[C@H](F)C[C@@H]21. The first kappa shape index (κ1) is 16.6. The van der Waals surface area contributed by atoms with Crippen LogP contribution in [0.4, 0.5) is 4.39 Å². The Hall–Kier alpha value is -1.25. The summed E-state index contributed by atoms with van der Waals surface area (Å²) in [4.78, 5) is 0. The van der Waals surface area contributed by atoms with E-state index >= 15 is 0 Å². The van der Waals surface area contributed by atoms with Crippen LogP contribution in [-0.4, -0.2) is 16.9 Å². The van der Waals surface area contributed by atoms with Crippen molar-refractivity contribution in [1.82, 2.24) is 0 Å². The van der Waals surface area contributed by atoms with Gasteiger partial charge in [0.1, 0.15) is 23.3 Å². The Kier molecular flexibility index (Phi) is 4.57. The van der Waals surface area contributed by atoms with E-state index in [4.69, 9.17) is 4.74 Å². The van der Waals surface area contributed by atoms with Gasteiger partial charge in [0, 0.05) is 17.4 Å². The van der Waals surface area contributed by atoms with Gasteiger partial charge in [-0.1, -0.05) is 19.8 Å². The maximum absolute atomic E-state index is 14.0. The number of ether oxygens (including phenoxy) is 1. The molecule has 1 aliphatic heterocycles. The number of phenolic OH excluding ortho intramolecular Hbond substituents is 1. The van der Waals surface area contributed by atoms with Crippen LogP contribution in [0.5, 0.6) is 11.5 Å². The van der Waals surface area contributed by atoms with Crippen LogP contribution >= 0.6 is 0 Å². The highest BCUT2D eigenvalue weighted by Crippen LogP contribution is 2.54. The second kappa shape index (κ2) is 6.33. The molecule has 1 aromatic rings. The number of halogens is 1. The molecule has 3 atom stereocenters. The molecule has 0 saturated heterocycles. The summed E-state index contributed by atoms with van der Waals surface area (Å²) in [6.07, 6.45) is 5.64. The highest BCUT2D eigenvalue weighted by molar-refractivity contribution is 5.52. The summed E-state index contributed by atoms with van der Waals surface area (Å²) < 4.78 is 20.3. The molecule has 1 saturated carbocycles. The zero-order valence-electron chi connectivity index (χ0n) is 14.6. The number of alkyl halides is 1. The van der Waals surface area contributed by atoms with Crippen molar-refractivity contribution in [3.8, 4) is 11.5 Å². The fourth-order valence-corrected chi connectivity index (χ4v) is 4.48. The zero-order chi connectivity index (χ0) is 16.6. The number of fused-ring (bicyclic) bond motifs is 3. The molecule has 0 radical (unpaired) electrons. The molecule has 1 aromatic carbocycles. The zero-order valence-corrected chi connectivity index (χ0v) is 14.6. The smallest absolute Gasteiger partial charge is 0.127 e. The molecule has 0 bridgehead atoms. The Morgan fingerprint density at radius 3 is 2.78 bits per heavy atom. The summed E-state index contributed by atoms with van der Waals surface area (Å²) >= 11 is 0. The monoisotopic (exact) mass is 320 g/mol. The first-order valence-corrected chi connectivity index (χ1v) is 9.11. The van der Waals surface area contributed by atoms with Gasteiger partial charge in [0.2, 0.25) is 0 Å². The van der Waals surface area contributed by atoms with Crippen molar-refractivity contribution in [3.05, 3.63) is 23.3 Å². The number of rotatable bonds is 4. The van der Waals surface area contributed by atoms with Crippen LogP contribution in [0.25, 0.3) is 0 Å². The normalized spacial score (nSPS) is 28.6. The minimum absolute atomic E-state index is 0.0715. The molecule has 1 fully saturated rings. The third-order valence-corrected chi connectivity index (χ3v) is 5.67. The Labute approximate surface area is 139 Å². The number of hydrogen-bond acceptors (Lipinski definition) is 2. The summed E-state index contributed by atoms with van der Waals surface area (Å²) in [5.41, 5.74) is 1.67. The molecule has 2 aliphatic rings. The van der Waals surface area contributed by atoms with Crippen molar-refractivity contribution in [1.29, 1.82) is 0 Å². The molecule has 0 spiro atoms. The third-order valence-electron chi connectivity index (χ3n) is 5.67. The van der Waals surface area contributed by atoms with Crippen LogP contribution in [0.1, 0.15) is 76.3 Å². The molecular weight excluding hydrogens is 291 g/mol. The number of hydrogen-bond donors (Lipinski definition) is 1. The van der Waals surface area contributed by atoms with Gasteiger partial charge in [0.15, 0.2) is 0 Å². The fourth-order valence-electron chi connectivity index (χ4n) is 4.48. The van der Waals surface area contributed by atoms with E-state index < -0.39 is 6.17 Å². The van der Waals surface area contributed by atoms with Gasteiger partial charge >= 0.3 is 0 Å². The molecule has 1 N–H and O–H groups in total. The van der Waals surface area contributed by atoms with E-state index in [1.807, 2.05) is 6.07 Å². The molecular formula is C20H29FO2. The van der Waals surface area contributed by atoms with E-state index in [1.54, 1.807) is 0 Å². The van der Waals surface area contributed by atoms with E-state index in [9.17, 15) is 9.50 Å². The maximum Gasteiger partial charge on any atom is 0.127 e. The molecule has 1 aliphatic carbocycles. The van der Waals surface area contributed by atoms with Gasteiger partial charge in [0.25, 0.3) is 0 Å². The van der Waals surface area contributed by atoms with Crippen molar-refractivity contribution >= 4 is 0 Å². The van der Waals surface area contributed by atoms with E-state index in [0.717, 1.165) is 36.1 Å².